The van der Waals surface area contributed by atoms with Gasteiger partial charge in [0.05, 0.1) is 11.3 Å². The fourth-order valence-corrected chi connectivity index (χ4v) is 3.66. The van der Waals surface area contributed by atoms with Crippen molar-refractivity contribution in [3.8, 4) is 0 Å². The van der Waals surface area contributed by atoms with Crippen LogP contribution in [0.4, 0.5) is 29.3 Å². The highest BCUT2D eigenvalue weighted by Gasteiger charge is 2.31. The maximum atomic E-state index is 12.8. The average molecular weight is 352 g/mol. The highest BCUT2D eigenvalue weighted by molar-refractivity contribution is 8.00. The van der Waals surface area contributed by atoms with Crippen molar-refractivity contribution in [1.82, 2.24) is 0 Å². The third-order valence-corrected chi connectivity index (χ3v) is 4.76. The molecule has 0 saturated carbocycles. The molecule has 0 aliphatic carbocycles. The molecule has 0 saturated heterocycles. The number of carbonyl (C=O) groups is 1. The summed E-state index contributed by atoms with van der Waals surface area (Å²) in [5, 5.41) is 2.76. The van der Waals surface area contributed by atoms with Gasteiger partial charge in [-0.25, -0.2) is 4.79 Å². The molecule has 0 bridgehead atoms. The lowest BCUT2D eigenvalue weighted by atomic mass is 10.2. The number of rotatable bonds is 1. The lowest BCUT2D eigenvalue weighted by molar-refractivity contribution is -0.137. The number of carbonyl (C=O) groups excluding carboxylic acids is 1. The molecule has 126 valence electrons. The number of nitrogens with one attached hydrogen (secondary N) is 1. The van der Waals surface area contributed by atoms with Crippen molar-refractivity contribution < 1.29 is 18.0 Å². The van der Waals surface area contributed by atoms with E-state index in [1.54, 1.807) is 16.7 Å². The summed E-state index contributed by atoms with van der Waals surface area (Å²) in [5.74, 6) is 0. The van der Waals surface area contributed by atoms with Crippen LogP contribution in [0.2, 0.25) is 0 Å². The van der Waals surface area contributed by atoms with Crippen molar-refractivity contribution in [3.63, 3.8) is 0 Å². The number of para-hydroxylation sites is 1. The van der Waals surface area contributed by atoms with Crippen LogP contribution in [0.1, 0.15) is 12.5 Å². The van der Waals surface area contributed by atoms with Gasteiger partial charge in [0.2, 0.25) is 0 Å². The minimum absolute atomic E-state index is 0.123. The Morgan fingerprint density at radius 3 is 2.71 bits per heavy atom. The smallest absolute Gasteiger partial charge is 0.308 e. The second kappa shape index (κ2) is 6.39. The van der Waals surface area contributed by atoms with Crippen molar-refractivity contribution in [3.05, 3.63) is 54.1 Å². The zero-order valence-corrected chi connectivity index (χ0v) is 13.6. The molecule has 1 N–H and O–H groups in total. The first-order valence-electron chi connectivity index (χ1n) is 7.36. The molecule has 24 heavy (non-hydrogen) atoms. The normalized spacial score (nSPS) is 17.3. The summed E-state index contributed by atoms with van der Waals surface area (Å²) in [5.41, 5.74) is 0.103. The molecule has 1 aliphatic rings. The molecule has 0 radical (unpaired) electrons. The Morgan fingerprint density at radius 2 is 1.96 bits per heavy atom. The number of urea groups is 1. The lowest BCUT2D eigenvalue weighted by Crippen LogP contribution is -2.41. The predicted octanol–water partition coefficient (Wildman–Crippen LogP) is 5.24. The zero-order valence-electron chi connectivity index (χ0n) is 12.8. The van der Waals surface area contributed by atoms with Crippen LogP contribution in [0.3, 0.4) is 0 Å². The molecule has 1 atom stereocenters. The third-order valence-electron chi connectivity index (χ3n) is 3.61. The van der Waals surface area contributed by atoms with E-state index in [1.165, 1.54) is 12.1 Å². The highest BCUT2D eigenvalue weighted by Crippen LogP contribution is 2.38. The molecule has 3 nitrogen and oxygen atoms in total. The van der Waals surface area contributed by atoms with Crippen molar-refractivity contribution in [2.45, 2.75) is 23.2 Å². The summed E-state index contributed by atoms with van der Waals surface area (Å²) in [6.07, 6.45) is -4.44. The van der Waals surface area contributed by atoms with E-state index in [2.05, 4.69) is 5.32 Å². The third kappa shape index (κ3) is 3.51. The molecule has 7 heteroatoms. The van der Waals surface area contributed by atoms with Crippen LogP contribution >= 0.6 is 11.8 Å². The summed E-state index contributed by atoms with van der Waals surface area (Å²) in [6.45, 7) is 2.50. The number of nitrogens with zero attached hydrogens (tertiary/aromatic N) is 1. The molecule has 1 aliphatic heterocycles. The highest BCUT2D eigenvalue weighted by atomic mass is 32.2. The molecule has 3 rings (SSSR count). The number of halogens is 3. The quantitative estimate of drug-likeness (QED) is 0.761. The van der Waals surface area contributed by atoms with Gasteiger partial charge < -0.3 is 5.32 Å². The fourth-order valence-electron chi connectivity index (χ4n) is 2.55. The minimum Gasteiger partial charge on any atom is -0.308 e. The van der Waals surface area contributed by atoms with E-state index in [9.17, 15) is 18.0 Å². The number of anilines is 2. The fraction of sp³-hybridized carbons (Fsp3) is 0.235. The summed E-state index contributed by atoms with van der Waals surface area (Å²) < 4.78 is 38.3. The Bertz CT molecular complexity index is 763. The SMILES string of the molecule is C[C@@H]1CN(C(=O)Nc2cccc(C(F)(F)F)c2)c2ccccc2S1. The molecular formula is C17H15F3N2OS. The van der Waals surface area contributed by atoms with E-state index in [4.69, 9.17) is 0 Å². The van der Waals surface area contributed by atoms with Crippen molar-refractivity contribution in [2.24, 2.45) is 0 Å². The number of alkyl halides is 3. The first-order chi connectivity index (χ1) is 11.3. The molecule has 0 unspecified atom stereocenters. The van der Waals surface area contributed by atoms with Crippen LogP contribution < -0.4 is 10.2 Å². The van der Waals surface area contributed by atoms with E-state index in [-0.39, 0.29) is 10.9 Å². The number of hydrogen-bond acceptors (Lipinski definition) is 2. The minimum atomic E-state index is -4.44. The van der Waals surface area contributed by atoms with Crippen LogP contribution in [-0.4, -0.2) is 17.8 Å². The number of thioether (sulfide) groups is 1. The van der Waals surface area contributed by atoms with Crippen LogP contribution in [0.25, 0.3) is 0 Å². The molecule has 0 fully saturated rings. The molecule has 0 aromatic heterocycles. The van der Waals surface area contributed by atoms with Gasteiger partial charge in [0.15, 0.2) is 0 Å². The molecular weight excluding hydrogens is 337 g/mol. The summed E-state index contributed by atoms with van der Waals surface area (Å²) in [4.78, 5) is 15.1. The van der Waals surface area contributed by atoms with E-state index in [0.717, 1.165) is 22.7 Å². The Kier molecular flexibility index (Phi) is 4.45. The van der Waals surface area contributed by atoms with Gasteiger partial charge in [-0.2, -0.15) is 13.2 Å². The Labute approximate surface area is 141 Å². The van der Waals surface area contributed by atoms with E-state index in [0.29, 0.717) is 6.54 Å². The summed E-state index contributed by atoms with van der Waals surface area (Å²) in [7, 11) is 0. The van der Waals surface area contributed by atoms with Gasteiger partial charge in [0, 0.05) is 22.4 Å². The largest absolute Gasteiger partial charge is 0.416 e. The van der Waals surface area contributed by atoms with Crippen LogP contribution in [0, 0.1) is 0 Å². The topological polar surface area (TPSA) is 32.3 Å². The zero-order chi connectivity index (χ0) is 17.3. The first kappa shape index (κ1) is 16.7. The second-order valence-electron chi connectivity index (χ2n) is 5.52. The van der Waals surface area contributed by atoms with Crippen LogP contribution in [0.5, 0.6) is 0 Å². The monoisotopic (exact) mass is 352 g/mol. The van der Waals surface area contributed by atoms with Gasteiger partial charge in [-0.1, -0.05) is 25.1 Å². The molecule has 0 spiro atoms. The van der Waals surface area contributed by atoms with E-state index < -0.39 is 17.8 Å². The molecule has 2 aromatic carbocycles. The molecule has 2 aromatic rings. The van der Waals surface area contributed by atoms with E-state index in [1.807, 2.05) is 31.2 Å². The van der Waals surface area contributed by atoms with Crippen molar-refractivity contribution >= 4 is 29.2 Å². The first-order valence-corrected chi connectivity index (χ1v) is 8.24. The molecule has 2 amide bonds. The number of hydrogen-bond donors (Lipinski definition) is 1. The Balaban J connectivity index is 1.83. The van der Waals surface area contributed by atoms with Gasteiger partial charge in [0.25, 0.3) is 0 Å². The second-order valence-corrected chi connectivity index (χ2v) is 7.00. The van der Waals surface area contributed by atoms with Gasteiger partial charge >= 0.3 is 12.2 Å². The maximum absolute atomic E-state index is 12.8. The van der Waals surface area contributed by atoms with E-state index >= 15 is 0 Å². The lowest BCUT2D eigenvalue weighted by Gasteiger charge is -2.32. The Morgan fingerprint density at radius 1 is 1.21 bits per heavy atom. The van der Waals surface area contributed by atoms with Crippen molar-refractivity contribution in [2.75, 3.05) is 16.8 Å². The van der Waals surface area contributed by atoms with Gasteiger partial charge in [-0.15, -0.1) is 11.8 Å². The molecule has 1 heterocycles. The average Bonchev–Trinajstić information content (AvgIpc) is 2.53. The number of benzene rings is 2. The Hall–Kier alpha value is -2.15. The van der Waals surface area contributed by atoms with Crippen LogP contribution in [-0.2, 0) is 6.18 Å². The van der Waals surface area contributed by atoms with Crippen molar-refractivity contribution in [1.29, 1.82) is 0 Å². The van der Waals surface area contributed by atoms with Crippen LogP contribution in [0.15, 0.2) is 53.4 Å². The summed E-state index contributed by atoms with van der Waals surface area (Å²) in [6, 6.07) is 11.7. The predicted molar refractivity (Wildman–Crippen MR) is 89.6 cm³/mol. The van der Waals surface area contributed by atoms with Gasteiger partial charge in [-0.05, 0) is 30.3 Å². The standard InChI is InChI=1S/C17H15F3N2OS/c1-11-10-22(14-7-2-3-8-15(14)24-11)16(23)21-13-6-4-5-12(9-13)17(18,19)20/h2-9,11H,10H2,1H3,(H,21,23)/t11-/m1/s1. The number of fused-ring (bicyclic) bond motifs is 1. The summed E-state index contributed by atoms with van der Waals surface area (Å²) >= 11 is 1.67. The number of amides is 2. The van der Waals surface area contributed by atoms with Gasteiger partial charge in [0.1, 0.15) is 0 Å². The van der Waals surface area contributed by atoms with Gasteiger partial charge in [-0.3, -0.25) is 4.90 Å². The maximum Gasteiger partial charge on any atom is 0.416 e.